The number of nitrogens with one attached hydrogen (secondary N) is 1. The Morgan fingerprint density at radius 2 is 2.31 bits per heavy atom. The van der Waals surface area contributed by atoms with Gasteiger partial charge in [-0.3, -0.25) is 11.3 Å². The summed E-state index contributed by atoms with van der Waals surface area (Å²) in [6.07, 6.45) is 0. The second-order valence-electron chi connectivity index (χ2n) is 2.46. The second kappa shape index (κ2) is 4.55. The van der Waals surface area contributed by atoms with Crippen LogP contribution in [0.2, 0.25) is 0 Å². The number of halogens is 2. The maximum absolute atomic E-state index is 13.2. The van der Waals surface area contributed by atoms with Crippen molar-refractivity contribution in [3.8, 4) is 5.75 Å². The Hall–Kier alpha value is -0.650. The standard InChI is InChI=1S/C8H10BrFN2O/c1-13-8-5(4-12-11)2-6(9)3-7(8)10/h2-3,12H,4,11H2,1H3. The number of hydrogen-bond acceptors (Lipinski definition) is 3. The lowest BCUT2D eigenvalue weighted by atomic mass is 10.2. The van der Waals surface area contributed by atoms with E-state index in [1.54, 1.807) is 6.07 Å². The van der Waals surface area contributed by atoms with Crippen molar-refractivity contribution in [3.63, 3.8) is 0 Å². The van der Waals surface area contributed by atoms with Crippen molar-refractivity contribution in [2.24, 2.45) is 5.84 Å². The van der Waals surface area contributed by atoms with E-state index in [2.05, 4.69) is 21.4 Å². The quantitative estimate of drug-likeness (QED) is 0.631. The van der Waals surface area contributed by atoms with Gasteiger partial charge in [0.15, 0.2) is 11.6 Å². The molecule has 1 aromatic carbocycles. The van der Waals surface area contributed by atoms with E-state index in [4.69, 9.17) is 10.6 Å². The van der Waals surface area contributed by atoms with Gasteiger partial charge in [-0.15, -0.1) is 0 Å². The summed E-state index contributed by atoms with van der Waals surface area (Å²) in [5.74, 6) is 4.96. The Morgan fingerprint density at radius 1 is 1.62 bits per heavy atom. The van der Waals surface area contributed by atoms with Gasteiger partial charge in [0.1, 0.15) is 0 Å². The fourth-order valence-corrected chi connectivity index (χ4v) is 1.56. The lowest BCUT2D eigenvalue weighted by molar-refractivity contribution is 0.379. The van der Waals surface area contributed by atoms with E-state index in [1.165, 1.54) is 13.2 Å². The summed E-state index contributed by atoms with van der Waals surface area (Å²) in [5.41, 5.74) is 3.12. The monoisotopic (exact) mass is 248 g/mol. The summed E-state index contributed by atoms with van der Waals surface area (Å²) in [5, 5.41) is 0. The first-order valence-electron chi connectivity index (χ1n) is 3.64. The van der Waals surface area contributed by atoms with Crippen LogP contribution in [-0.2, 0) is 6.54 Å². The van der Waals surface area contributed by atoms with Gasteiger partial charge in [-0.05, 0) is 12.1 Å². The highest BCUT2D eigenvalue weighted by molar-refractivity contribution is 9.10. The SMILES string of the molecule is COc1c(F)cc(Br)cc1CNN. The molecule has 3 N–H and O–H groups in total. The average molecular weight is 249 g/mol. The zero-order chi connectivity index (χ0) is 9.84. The molecule has 0 aliphatic rings. The summed E-state index contributed by atoms with van der Waals surface area (Å²) in [6, 6.07) is 3.10. The van der Waals surface area contributed by atoms with Crippen LogP contribution in [0.25, 0.3) is 0 Å². The van der Waals surface area contributed by atoms with Crippen molar-refractivity contribution in [2.45, 2.75) is 6.54 Å². The molecule has 3 nitrogen and oxygen atoms in total. The van der Waals surface area contributed by atoms with Crippen molar-refractivity contribution in [1.29, 1.82) is 0 Å². The molecular weight excluding hydrogens is 239 g/mol. The van der Waals surface area contributed by atoms with E-state index in [1.807, 2.05) is 0 Å². The summed E-state index contributed by atoms with van der Waals surface area (Å²) < 4.78 is 18.8. The van der Waals surface area contributed by atoms with Crippen molar-refractivity contribution < 1.29 is 9.13 Å². The van der Waals surface area contributed by atoms with E-state index >= 15 is 0 Å². The van der Waals surface area contributed by atoms with Gasteiger partial charge in [-0.2, -0.15) is 0 Å². The third-order valence-electron chi connectivity index (χ3n) is 1.58. The average Bonchev–Trinajstić information content (AvgIpc) is 2.04. The van der Waals surface area contributed by atoms with Crippen LogP contribution >= 0.6 is 15.9 Å². The Labute approximate surface area is 84.2 Å². The smallest absolute Gasteiger partial charge is 0.166 e. The lowest BCUT2D eigenvalue weighted by Crippen LogP contribution is -2.21. The zero-order valence-electron chi connectivity index (χ0n) is 7.10. The van der Waals surface area contributed by atoms with Gasteiger partial charge in [0.2, 0.25) is 0 Å². The van der Waals surface area contributed by atoms with Crippen LogP contribution in [0.4, 0.5) is 4.39 Å². The Balaban J connectivity index is 3.13. The molecule has 0 spiro atoms. The number of benzene rings is 1. The molecule has 0 unspecified atom stereocenters. The summed E-state index contributed by atoms with van der Waals surface area (Å²) in [6.45, 7) is 0.361. The molecule has 1 aromatic rings. The fourth-order valence-electron chi connectivity index (χ4n) is 1.08. The van der Waals surface area contributed by atoms with Crippen molar-refractivity contribution in [3.05, 3.63) is 28.0 Å². The van der Waals surface area contributed by atoms with E-state index in [0.29, 0.717) is 16.6 Å². The normalized spacial score (nSPS) is 10.2. The molecule has 5 heteroatoms. The van der Waals surface area contributed by atoms with Gasteiger partial charge in [0, 0.05) is 16.6 Å². The van der Waals surface area contributed by atoms with Gasteiger partial charge in [0.25, 0.3) is 0 Å². The minimum atomic E-state index is -0.401. The topological polar surface area (TPSA) is 47.3 Å². The van der Waals surface area contributed by atoms with Gasteiger partial charge < -0.3 is 4.74 Å². The lowest BCUT2D eigenvalue weighted by Gasteiger charge is -2.09. The summed E-state index contributed by atoms with van der Waals surface area (Å²) in [7, 11) is 1.42. The molecule has 0 radical (unpaired) electrons. The Morgan fingerprint density at radius 3 is 2.85 bits per heavy atom. The molecule has 0 aromatic heterocycles. The third-order valence-corrected chi connectivity index (χ3v) is 2.04. The molecule has 0 atom stereocenters. The third kappa shape index (κ3) is 2.40. The van der Waals surface area contributed by atoms with Crippen LogP contribution < -0.4 is 16.0 Å². The molecule has 0 heterocycles. The van der Waals surface area contributed by atoms with Crippen molar-refractivity contribution in [1.82, 2.24) is 5.43 Å². The van der Waals surface area contributed by atoms with Gasteiger partial charge in [0.05, 0.1) is 7.11 Å². The number of ether oxygens (including phenoxy) is 1. The minimum Gasteiger partial charge on any atom is -0.493 e. The van der Waals surface area contributed by atoms with E-state index in [0.717, 1.165) is 0 Å². The molecular formula is C8H10BrFN2O. The first kappa shape index (κ1) is 10.4. The van der Waals surface area contributed by atoms with Crippen molar-refractivity contribution >= 4 is 15.9 Å². The van der Waals surface area contributed by atoms with Crippen LogP contribution in [0.1, 0.15) is 5.56 Å². The number of nitrogens with two attached hydrogens (primary N) is 1. The first-order chi connectivity index (χ1) is 6.19. The van der Waals surface area contributed by atoms with Crippen LogP contribution in [0.3, 0.4) is 0 Å². The van der Waals surface area contributed by atoms with Crippen LogP contribution in [0.15, 0.2) is 16.6 Å². The summed E-state index contributed by atoms with van der Waals surface area (Å²) in [4.78, 5) is 0. The predicted molar refractivity (Wildman–Crippen MR) is 51.7 cm³/mol. The molecule has 0 amide bonds. The van der Waals surface area contributed by atoms with E-state index < -0.39 is 5.82 Å². The fraction of sp³-hybridized carbons (Fsp3) is 0.250. The van der Waals surface area contributed by atoms with Crippen molar-refractivity contribution in [2.75, 3.05) is 7.11 Å². The summed E-state index contributed by atoms with van der Waals surface area (Å²) >= 11 is 3.18. The Bertz CT molecular complexity index is 306. The van der Waals surface area contributed by atoms with E-state index in [9.17, 15) is 4.39 Å². The number of hydrogen-bond donors (Lipinski definition) is 2. The molecule has 0 fully saturated rings. The molecule has 0 bridgehead atoms. The van der Waals surface area contributed by atoms with Crippen LogP contribution in [0.5, 0.6) is 5.75 Å². The largest absolute Gasteiger partial charge is 0.493 e. The zero-order valence-corrected chi connectivity index (χ0v) is 8.69. The molecule has 0 saturated heterocycles. The van der Waals surface area contributed by atoms with Gasteiger partial charge in [-0.1, -0.05) is 15.9 Å². The molecule has 13 heavy (non-hydrogen) atoms. The highest BCUT2D eigenvalue weighted by atomic mass is 79.9. The molecule has 0 aliphatic heterocycles. The molecule has 1 rings (SSSR count). The predicted octanol–water partition coefficient (Wildman–Crippen LogP) is 1.56. The van der Waals surface area contributed by atoms with Crippen LogP contribution in [-0.4, -0.2) is 7.11 Å². The van der Waals surface area contributed by atoms with Gasteiger partial charge >= 0.3 is 0 Å². The minimum absolute atomic E-state index is 0.223. The maximum Gasteiger partial charge on any atom is 0.166 e. The number of hydrazine groups is 1. The van der Waals surface area contributed by atoms with E-state index in [-0.39, 0.29) is 5.75 Å². The van der Waals surface area contributed by atoms with Crippen LogP contribution in [0, 0.1) is 5.82 Å². The van der Waals surface area contributed by atoms with Gasteiger partial charge in [-0.25, -0.2) is 4.39 Å². The highest BCUT2D eigenvalue weighted by Crippen LogP contribution is 2.26. The number of rotatable bonds is 3. The molecule has 0 aliphatic carbocycles. The molecule has 0 saturated carbocycles. The second-order valence-corrected chi connectivity index (χ2v) is 3.38. The first-order valence-corrected chi connectivity index (χ1v) is 4.43. The Kier molecular flexibility index (Phi) is 3.65. The molecule has 72 valence electrons. The maximum atomic E-state index is 13.2. The highest BCUT2D eigenvalue weighted by Gasteiger charge is 2.09. The number of methoxy groups -OCH3 is 1.